The number of nitrogens with zero attached hydrogens (tertiary/aromatic N) is 2. The second-order valence-corrected chi connectivity index (χ2v) is 7.99. The zero-order valence-electron chi connectivity index (χ0n) is 14.9. The van der Waals surface area contributed by atoms with Crippen LogP contribution < -0.4 is 10.6 Å². The molecule has 1 fully saturated rings. The SMILES string of the molecule is C[C@@H]1CC(C)(C)CC[C@H]1NC(=O)NC[C@](C)(O)c1cnn(C)c1. The van der Waals surface area contributed by atoms with Gasteiger partial charge in [0.05, 0.1) is 12.7 Å². The summed E-state index contributed by atoms with van der Waals surface area (Å²) in [6, 6.07) is -0.0166. The highest BCUT2D eigenvalue weighted by molar-refractivity contribution is 5.74. The average Bonchev–Trinajstić information content (AvgIpc) is 2.87. The highest BCUT2D eigenvalue weighted by Gasteiger charge is 2.33. The molecule has 1 saturated carbocycles. The molecule has 0 unspecified atom stereocenters. The van der Waals surface area contributed by atoms with E-state index in [1.807, 2.05) is 0 Å². The quantitative estimate of drug-likeness (QED) is 0.794. The maximum Gasteiger partial charge on any atom is 0.315 e. The Morgan fingerprint density at radius 1 is 1.57 bits per heavy atom. The highest BCUT2D eigenvalue weighted by atomic mass is 16.3. The number of rotatable bonds is 4. The van der Waals surface area contributed by atoms with Crippen LogP contribution in [-0.2, 0) is 12.6 Å². The average molecular weight is 322 g/mol. The predicted octanol–water partition coefficient (Wildman–Crippen LogP) is 2.14. The van der Waals surface area contributed by atoms with Gasteiger partial charge >= 0.3 is 6.03 Å². The first-order valence-electron chi connectivity index (χ1n) is 8.35. The van der Waals surface area contributed by atoms with Crippen molar-refractivity contribution in [1.82, 2.24) is 20.4 Å². The Morgan fingerprint density at radius 3 is 2.83 bits per heavy atom. The maximum absolute atomic E-state index is 12.1. The van der Waals surface area contributed by atoms with Gasteiger partial charge in [0.15, 0.2) is 0 Å². The molecule has 1 aliphatic rings. The number of urea groups is 1. The fourth-order valence-corrected chi connectivity index (χ4v) is 3.43. The molecular weight excluding hydrogens is 292 g/mol. The summed E-state index contributed by atoms with van der Waals surface area (Å²) < 4.78 is 1.63. The van der Waals surface area contributed by atoms with Crippen LogP contribution >= 0.6 is 0 Å². The molecule has 6 heteroatoms. The first kappa shape index (κ1) is 17.8. The molecule has 3 N–H and O–H groups in total. The standard InChI is InChI=1S/C17H30N4O2/c1-12-8-16(2,3)7-6-14(12)20-15(22)18-11-17(4,23)13-9-19-21(5)10-13/h9-10,12,14,23H,6-8,11H2,1-5H3,(H2,18,20,22)/t12-,14-,17+/m1/s1. The van der Waals surface area contributed by atoms with E-state index in [0.29, 0.717) is 16.9 Å². The summed E-state index contributed by atoms with van der Waals surface area (Å²) in [6.45, 7) is 8.58. The van der Waals surface area contributed by atoms with E-state index >= 15 is 0 Å². The van der Waals surface area contributed by atoms with E-state index in [1.165, 1.54) is 0 Å². The molecule has 2 rings (SSSR count). The minimum absolute atomic E-state index is 0.150. The topological polar surface area (TPSA) is 79.2 Å². The van der Waals surface area contributed by atoms with Crippen LogP contribution in [0.1, 0.15) is 52.5 Å². The van der Waals surface area contributed by atoms with Gasteiger partial charge in [-0.1, -0.05) is 20.8 Å². The van der Waals surface area contributed by atoms with Gasteiger partial charge in [0, 0.05) is 24.8 Å². The van der Waals surface area contributed by atoms with Crippen molar-refractivity contribution >= 4 is 6.03 Å². The van der Waals surface area contributed by atoms with Crippen LogP contribution in [0.4, 0.5) is 4.79 Å². The van der Waals surface area contributed by atoms with Crippen LogP contribution in [0.15, 0.2) is 12.4 Å². The van der Waals surface area contributed by atoms with Gasteiger partial charge in [-0.15, -0.1) is 0 Å². The number of aryl methyl sites for hydroxylation is 1. The summed E-state index contributed by atoms with van der Waals surface area (Å²) in [7, 11) is 1.80. The van der Waals surface area contributed by atoms with Crippen molar-refractivity contribution in [2.45, 2.75) is 58.6 Å². The Labute approximate surface area is 138 Å². The Balaban J connectivity index is 1.83. The van der Waals surface area contributed by atoms with Gasteiger partial charge in [-0.3, -0.25) is 4.68 Å². The molecule has 0 spiro atoms. The summed E-state index contributed by atoms with van der Waals surface area (Å²) >= 11 is 0. The van der Waals surface area contributed by atoms with E-state index in [0.717, 1.165) is 19.3 Å². The number of carbonyl (C=O) groups is 1. The molecule has 3 atom stereocenters. The summed E-state index contributed by atoms with van der Waals surface area (Å²) in [4.78, 5) is 12.1. The number of aliphatic hydroxyl groups is 1. The molecule has 1 heterocycles. The fourth-order valence-electron chi connectivity index (χ4n) is 3.43. The van der Waals surface area contributed by atoms with Crippen LogP contribution in [0.2, 0.25) is 0 Å². The van der Waals surface area contributed by atoms with Gasteiger partial charge in [-0.05, 0) is 37.5 Å². The van der Waals surface area contributed by atoms with Crippen molar-refractivity contribution in [3.8, 4) is 0 Å². The summed E-state index contributed by atoms with van der Waals surface area (Å²) in [5.41, 5.74) is -0.0859. The second-order valence-electron chi connectivity index (χ2n) is 7.99. The van der Waals surface area contributed by atoms with Gasteiger partial charge in [0.25, 0.3) is 0 Å². The lowest BCUT2D eigenvalue weighted by Crippen LogP contribution is -2.50. The molecular formula is C17H30N4O2. The molecule has 130 valence electrons. The predicted molar refractivity (Wildman–Crippen MR) is 89.9 cm³/mol. The highest BCUT2D eigenvalue weighted by Crippen LogP contribution is 2.38. The lowest BCUT2D eigenvalue weighted by Gasteiger charge is -2.39. The van der Waals surface area contributed by atoms with Crippen LogP contribution in [0, 0.1) is 11.3 Å². The number of hydrogen-bond donors (Lipinski definition) is 3. The first-order valence-corrected chi connectivity index (χ1v) is 8.35. The third kappa shape index (κ3) is 4.70. The molecule has 0 saturated heterocycles. The molecule has 1 aliphatic carbocycles. The maximum atomic E-state index is 12.1. The van der Waals surface area contributed by atoms with Crippen molar-refractivity contribution in [3.63, 3.8) is 0 Å². The molecule has 0 bridgehead atoms. The summed E-state index contributed by atoms with van der Waals surface area (Å²) in [5.74, 6) is 0.461. The number of carbonyl (C=O) groups excluding carboxylic acids is 1. The van der Waals surface area contributed by atoms with Gasteiger partial charge in [0.2, 0.25) is 0 Å². The van der Waals surface area contributed by atoms with E-state index in [9.17, 15) is 9.90 Å². The van der Waals surface area contributed by atoms with Gasteiger partial charge in [-0.25, -0.2) is 4.79 Å². The summed E-state index contributed by atoms with van der Waals surface area (Å²) in [5, 5.41) is 20.4. The number of hydrogen-bond acceptors (Lipinski definition) is 3. The van der Waals surface area contributed by atoms with Gasteiger partial charge < -0.3 is 15.7 Å². The van der Waals surface area contributed by atoms with E-state index in [1.54, 1.807) is 31.0 Å². The van der Waals surface area contributed by atoms with Crippen molar-refractivity contribution in [1.29, 1.82) is 0 Å². The molecule has 2 amide bonds. The fraction of sp³-hybridized carbons (Fsp3) is 0.765. The molecule has 0 aliphatic heterocycles. The smallest absolute Gasteiger partial charge is 0.315 e. The third-order valence-corrected chi connectivity index (χ3v) is 4.93. The summed E-state index contributed by atoms with van der Waals surface area (Å²) in [6.07, 6.45) is 6.61. The normalized spacial score (nSPS) is 26.3. The molecule has 6 nitrogen and oxygen atoms in total. The number of aromatic nitrogens is 2. The van der Waals surface area contributed by atoms with E-state index in [4.69, 9.17) is 0 Å². The zero-order chi connectivity index (χ0) is 17.3. The largest absolute Gasteiger partial charge is 0.383 e. The lowest BCUT2D eigenvalue weighted by atomic mass is 9.70. The molecule has 23 heavy (non-hydrogen) atoms. The van der Waals surface area contributed by atoms with E-state index in [-0.39, 0.29) is 18.6 Å². The Hall–Kier alpha value is -1.56. The zero-order valence-corrected chi connectivity index (χ0v) is 14.9. The van der Waals surface area contributed by atoms with Crippen molar-refractivity contribution < 1.29 is 9.90 Å². The third-order valence-electron chi connectivity index (χ3n) is 4.93. The van der Waals surface area contributed by atoms with Gasteiger partial charge in [-0.2, -0.15) is 5.10 Å². The Morgan fingerprint density at radius 2 is 2.26 bits per heavy atom. The van der Waals surface area contributed by atoms with Crippen LogP contribution in [0.3, 0.4) is 0 Å². The van der Waals surface area contributed by atoms with Crippen molar-refractivity contribution in [2.75, 3.05) is 6.54 Å². The molecule has 0 radical (unpaired) electrons. The molecule has 1 aromatic heterocycles. The van der Waals surface area contributed by atoms with Crippen LogP contribution in [-0.4, -0.2) is 33.5 Å². The second kappa shape index (κ2) is 6.51. The lowest BCUT2D eigenvalue weighted by molar-refractivity contribution is 0.0587. The van der Waals surface area contributed by atoms with Crippen molar-refractivity contribution in [2.24, 2.45) is 18.4 Å². The minimum atomic E-state index is -1.13. The number of nitrogens with one attached hydrogen (secondary N) is 2. The first-order chi connectivity index (χ1) is 10.6. The molecule has 0 aromatic carbocycles. The Bertz CT molecular complexity index is 551. The number of amides is 2. The van der Waals surface area contributed by atoms with Crippen LogP contribution in [0.25, 0.3) is 0 Å². The monoisotopic (exact) mass is 322 g/mol. The minimum Gasteiger partial charge on any atom is -0.383 e. The molecule has 1 aromatic rings. The van der Waals surface area contributed by atoms with E-state index in [2.05, 4.69) is 36.5 Å². The van der Waals surface area contributed by atoms with Gasteiger partial charge in [0.1, 0.15) is 5.60 Å². The van der Waals surface area contributed by atoms with Crippen molar-refractivity contribution in [3.05, 3.63) is 18.0 Å². The van der Waals surface area contributed by atoms with E-state index < -0.39 is 5.60 Å². The Kier molecular flexibility index (Phi) is 5.04. The van der Waals surface area contributed by atoms with Crippen LogP contribution in [0.5, 0.6) is 0 Å².